The number of fused-ring (bicyclic) bond motifs is 1. The highest BCUT2D eigenvalue weighted by Gasteiger charge is 2.10. The van der Waals surface area contributed by atoms with Gasteiger partial charge in [-0.05, 0) is 24.4 Å². The van der Waals surface area contributed by atoms with Gasteiger partial charge in [-0.15, -0.1) is 0 Å². The standard InChI is InChI=1S/C11H9N5OS/c12-15-10(17)8-6-13-16(9(8)14-11(15)18)7-4-2-1-3-5-7/h1-6H,12H2,(H,14,18). The SMILES string of the molecule is Nn1c(=S)[nH]c2c(cnn2-c2ccccc2)c1=O. The number of nitrogen functional groups attached to an aromatic ring is 1. The van der Waals surface area contributed by atoms with Gasteiger partial charge in [0.05, 0.1) is 11.9 Å². The molecule has 3 N–H and O–H groups in total. The van der Waals surface area contributed by atoms with E-state index in [2.05, 4.69) is 10.1 Å². The van der Waals surface area contributed by atoms with Gasteiger partial charge < -0.3 is 10.8 Å². The third kappa shape index (κ3) is 1.45. The minimum atomic E-state index is -0.365. The van der Waals surface area contributed by atoms with Crippen LogP contribution in [0.25, 0.3) is 16.7 Å². The lowest BCUT2D eigenvalue weighted by Gasteiger charge is -2.03. The van der Waals surface area contributed by atoms with E-state index in [4.69, 9.17) is 18.1 Å². The van der Waals surface area contributed by atoms with Crippen LogP contribution in [-0.4, -0.2) is 19.4 Å². The van der Waals surface area contributed by atoms with Gasteiger partial charge in [0.25, 0.3) is 5.56 Å². The lowest BCUT2D eigenvalue weighted by molar-refractivity contribution is 0.862. The molecule has 0 radical (unpaired) electrons. The number of H-pyrrole nitrogens is 1. The molecule has 0 atom stereocenters. The molecular weight excluding hydrogens is 250 g/mol. The van der Waals surface area contributed by atoms with Gasteiger partial charge in [0.15, 0.2) is 0 Å². The van der Waals surface area contributed by atoms with Gasteiger partial charge in [0.2, 0.25) is 4.77 Å². The molecule has 0 aliphatic rings. The Morgan fingerprint density at radius 3 is 2.72 bits per heavy atom. The predicted molar refractivity (Wildman–Crippen MR) is 70.7 cm³/mol. The monoisotopic (exact) mass is 259 g/mol. The Morgan fingerprint density at radius 2 is 2.00 bits per heavy atom. The lowest BCUT2D eigenvalue weighted by Crippen LogP contribution is -2.28. The van der Waals surface area contributed by atoms with Crippen LogP contribution in [0.5, 0.6) is 0 Å². The average molecular weight is 259 g/mol. The molecule has 3 aromatic rings. The maximum atomic E-state index is 11.9. The normalized spacial score (nSPS) is 10.9. The molecular formula is C11H9N5OS. The van der Waals surface area contributed by atoms with Crippen LogP contribution in [-0.2, 0) is 0 Å². The number of nitrogens with zero attached hydrogens (tertiary/aromatic N) is 3. The van der Waals surface area contributed by atoms with Crippen molar-refractivity contribution in [2.45, 2.75) is 0 Å². The summed E-state index contributed by atoms with van der Waals surface area (Å²) in [6.07, 6.45) is 1.47. The predicted octanol–water partition coefficient (Wildman–Crippen LogP) is 0.959. The summed E-state index contributed by atoms with van der Waals surface area (Å²) in [7, 11) is 0. The molecule has 0 aliphatic carbocycles. The number of hydrogen-bond acceptors (Lipinski definition) is 4. The van der Waals surface area contributed by atoms with Gasteiger partial charge >= 0.3 is 0 Å². The van der Waals surface area contributed by atoms with Crippen LogP contribution in [0.15, 0.2) is 41.3 Å². The van der Waals surface area contributed by atoms with Crippen LogP contribution in [0.4, 0.5) is 0 Å². The second-order valence-electron chi connectivity index (χ2n) is 3.76. The van der Waals surface area contributed by atoms with E-state index in [1.165, 1.54) is 6.20 Å². The summed E-state index contributed by atoms with van der Waals surface area (Å²) >= 11 is 4.99. The maximum absolute atomic E-state index is 11.9. The molecule has 18 heavy (non-hydrogen) atoms. The van der Waals surface area contributed by atoms with Crippen molar-refractivity contribution < 1.29 is 0 Å². The largest absolute Gasteiger partial charge is 0.334 e. The molecule has 1 aromatic carbocycles. The zero-order chi connectivity index (χ0) is 12.7. The molecule has 7 heteroatoms. The van der Waals surface area contributed by atoms with Crippen LogP contribution in [0.1, 0.15) is 0 Å². The molecule has 0 fully saturated rings. The Morgan fingerprint density at radius 1 is 1.28 bits per heavy atom. The molecule has 3 rings (SSSR count). The smallest absolute Gasteiger partial charge is 0.283 e. The molecule has 0 bridgehead atoms. The van der Waals surface area contributed by atoms with Gasteiger partial charge in [-0.1, -0.05) is 18.2 Å². The second kappa shape index (κ2) is 3.81. The van der Waals surface area contributed by atoms with E-state index in [1.807, 2.05) is 30.3 Å². The summed E-state index contributed by atoms with van der Waals surface area (Å²) in [5, 5.41) is 4.58. The molecule has 0 unspecified atom stereocenters. The molecule has 0 saturated carbocycles. The number of nitrogens with one attached hydrogen (secondary N) is 1. The summed E-state index contributed by atoms with van der Waals surface area (Å²) in [6, 6.07) is 9.46. The fraction of sp³-hybridized carbons (Fsp3) is 0. The maximum Gasteiger partial charge on any atom is 0.283 e. The van der Waals surface area contributed by atoms with Crippen molar-refractivity contribution in [1.29, 1.82) is 0 Å². The number of rotatable bonds is 1. The topological polar surface area (TPSA) is 81.6 Å². The van der Waals surface area contributed by atoms with Crippen molar-refractivity contribution in [2.75, 3.05) is 5.84 Å². The summed E-state index contributed by atoms with van der Waals surface area (Å²) in [5.74, 6) is 5.53. The number of benzene rings is 1. The second-order valence-corrected chi connectivity index (χ2v) is 4.15. The first-order chi connectivity index (χ1) is 8.68. The first kappa shape index (κ1) is 10.7. The molecule has 0 aliphatic heterocycles. The van der Waals surface area contributed by atoms with Crippen molar-refractivity contribution in [1.82, 2.24) is 19.4 Å². The Kier molecular flexibility index (Phi) is 2.27. The van der Waals surface area contributed by atoms with E-state index in [-0.39, 0.29) is 10.3 Å². The van der Waals surface area contributed by atoms with Crippen LogP contribution in [0, 0.1) is 4.77 Å². The molecule has 2 heterocycles. The third-order valence-electron chi connectivity index (χ3n) is 2.66. The summed E-state index contributed by atoms with van der Waals surface area (Å²) in [6.45, 7) is 0. The highest BCUT2D eigenvalue weighted by Crippen LogP contribution is 2.12. The van der Waals surface area contributed by atoms with Crippen molar-refractivity contribution in [2.24, 2.45) is 0 Å². The third-order valence-corrected chi connectivity index (χ3v) is 2.96. The number of nitrogens with two attached hydrogens (primary N) is 1. The molecule has 2 aromatic heterocycles. The van der Waals surface area contributed by atoms with Gasteiger partial charge in [-0.3, -0.25) is 4.79 Å². The first-order valence-corrected chi connectivity index (χ1v) is 5.63. The van der Waals surface area contributed by atoms with E-state index in [9.17, 15) is 4.79 Å². The van der Waals surface area contributed by atoms with Crippen molar-refractivity contribution in [3.63, 3.8) is 0 Å². The number of para-hydroxylation sites is 1. The summed E-state index contributed by atoms with van der Waals surface area (Å²) in [4.78, 5) is 14.8. The first-order valence-electron chi connectivity index (χ1n) is 5.22. The Labute approximate surface area is 106 Å². The molecule has 90 valence electrons. The van der Waals surface area contributed by atoms with E-state index >= 15 is 0 Å². The fourth-order valence-electron chi connectivity index (χ4n) is 1.77. The molecule has 0 spiro atoms. The van der Waals surface area contributed by atoms with E-state index in [0.717, 1.165) is 10.4 Å². The zero-order valence-electron chi connectivity index (χ0n) is 9.20. The van der Waals surface area contributed by atoms with Gasteiger partial charge in [0.1, 0.15) is 11.0 Å². The fourth-order valence-corrected chi connectivity index (χ4v) is 1.95. The van der Waals surface area contributed by atoms with Crippen molar-refractivity contribution in [3.8, 4) is 5.69 Å². The van der Waals surface area contributed by atoms with Crippen LogP contribution >= 0.6 is 12.2 Å². The number of aromatic nitrogens is 4. The van der Waals surface area contributed by atoms with Gasteiger partial charge in [0, 0.05) is 0 Å². The summed E-state index contributed by atoms with van der Waals surface area (Å²) in [5.41, 5.74) is 1.01. The van der Waals surface area contributed by atoms with E-state index in [1.54, 1.807) is 4.68 Å². The van der Waals surface area contributed by atoms with Gasteiger partial charge in [-0.25, -0.2) is 4.68 Å². The highest BCUT2D eigenvalue weighted by atomic mass is 32.1. The zero-order valence-corrected chi connectivity index (χ0v) is 10.0. The van der Waals surface area contributed by atoms with E-state index in [0.29, 0.717) is 11.0 Å². The van der Waals surface area contributed by atoms with Crippen LogP contribution in [0.2, 0.25) is 0 Å². The van der Waals surface area contributed by atoms with Crippen molar-refractivity contribution >= 4 is 23.3 Å². The molecule has 0 amide bonds. The molecule has 0 saturated heterocycles. The number of hydrogen-bond donors (Lipinski definition) is 2. The van der Waals surface area contributed by atoms with Crippen molar-refractivity contribution in [3.05, 3.63) is 51.7 Å². The Balaban J connectivity index is 2.41. The minimum absolute atomic E-state index is 0.158. The Bertz CT molecular complexity index is 830. The average Bonchev–Trinajstić information content (AvgIpc) is 2.81. The van der Waals surface area contributed by atoms with Crippen LogP contribution in [0.3, 0.4) is 0 Å². The van der Waals surface area contributed by atoms with Gasteiger partial charge in [-0.2, -0.15) is 9.77 Å². The van der Waals surface area contributed by atoms with E-state index < -0.39 is 0 Å². The number of aromatic amines is 1. The van der Waals surface area contributed by atoms with Crippen LogP contribution < -0.4 is 11.4 Å². The highest BCUT2D eigenvalue weighted by molar-refractivity contribution is 7.71. The summed E-state index contributed by atoms with van der Waals surface area (Å²) < 4.78 is 2.67. The minimum Gasteiger partial charge on any atom is -0.334 e. The quantitative estimate of drug-likeness (QED) is 0.504. The molecule has 6 nitrogen and oxygen atoms in total. The Hall–Kier alpha value is -2.41. The lowest BCUT2D eigenvalue weighted by atomic mass is 10.3.